The molecule has 196 valence electrons. The van der Waals surface area contributed by atoms with Gasteiger partial charge in [-0.25, -0.2) is 4.79 Å². The van der Waals surface area contributed by atoms with E-state index >= 15 is 0 Å². The highest BCUT2D eigenvalue weighted by Gasteiger charge is 2.33. The lowest BCUT2D eigenvalue weighted by atomic mass is 10.0. The topological polar surface area (TPSA) is 71.1 Å². The van der Waals surface area contributed by atoms with Crippen molar-refractivity contribution in [3.05, 3.63) is 81.5 Å². The number of benzene rings is 2. The van der Waals surface area contributed by atoms with Gasteiger partial charge in [-0.15, -0.1) is 11.3 Å². The summed E-state index contributed by atoms with van der Waals surface area (Å²) < 4.78 is 11.3. The predicted octanol–water partition coefficient (Wildman–Crippen LogP) is 5.44. The molecule has 0 fully saturated rings. The molecular formula is C29H35N3O4S. The van der Waals surface area contributed by atoms with Crippen molar-refractivity contribution in [3.8, 4) is 5.75 Å². The van der Waals surface area contributed by atoms with Crippen molar-refractivity contribution in [2.24, 2.45) is 0 Å². The molecule has 1 aliphatic rings. The van der Waals surface area contributed by atoms with Crippen LogP contribution >= 0.6 is 11.3 Å². The molecule has 0 bridgehead atoms. The van der Waals surface area contributed by atoms with Gasteiger partial charge in [0.05, 0.1) is 6.04 Å². The maximum Gasteiger partial charge on any atom is 0.322 e. The van der Waals surface area contributed by atoms with Crippen LogP contribution < -0.4 is 10.1 Å². The van der Waals surface area contributed by atoms with E-state index in [4.69, 9.17) is 9.47 Å². The largest absolute Gasteiger partial charge is 0.491 e. The summed E-state index contributed by atoms with van der Waals surface area (Å²) in [6.07, 6.45) is 1.44. The fourth-order valence-electron chi connectivity index (χ4n) is 4.43. The maximum atomic E-state index is 13.7. The van der Waals surface area contributed by atoms with E-state index in [1.54, 1.807) is 23.3 Å². The Morgan fingerprint density at radius 2 is 1.76 bits per heavy atom. The Morgan fingerprint density at radius 3 is 2.46 bits per heavy atom. The molecule has 2 aromatic carbocycles. The van der Waals surface area contributed by atoms with Crippen LogP contribution in [0.25, 0.3) is 0 Å². The van der Waals surface area contributed by atoms with Gasteiger partial charge >= 0.3 is 6.03 Å². The van der Waals surface area contributed by atoms with Crippen molar-refractivity contribution in [2.75, 3.05) is 45.3 Å². The van der Waals surface area contributed by atoms with Crippen LogP contribution in [-0.4, -0.2) is 61.7 Å². The molecule has 0 spiro atoms. The fourth-order valence-corrected chi connectivity index (χ4v) is 5.36. The molecule has 1 atom stereocenters. The van der Waals surface area contributed by atoms with Crippen molar-refractivity contribution in [1.82, 2.24) is 9.80 Å². The van der Waals surface area contributed by atoms with Crippen LogP contribution in [0.5, 0.6) is 5.75 Å². The molecule has 1 aliphatic heterocycles. The molecule has 2 heterocycles. The number of hydrogen-bond acceptors (Lipinski definition) is 5. The average molecular weight is 522 g/mol. The molecule has 1 unspecified atom stereocenters. The number of amides is 3. The third-order valence-corrected chi connectivity index (χ3v) is 7.53. The van der Waals surface area contributed by atoms with Gasteiger partial charge in [-0.05, 0) is 68.0 Å². The smallest absolute Gasteiger partial charge is 0.322 e. The second-order valence-electron chi connectivity index (χ2n) is 9.34. The van der Waals surface area contributed by atoms with E-state index < -0.39 is 0 Å². The van der Waals surface area contributed by atoms with Gasteiger partial charge < -0.3 is 24.6 Å². The molecule has 0 saturated heterocycles. The summed E-state index contributed by atoms with van der Waals surface area (Å²) in [4.78, 5) is 31.6. The molecule has 7 nitrogen and oxygen atoms in total. The number of carbonyl (C=O) groups excluding carboxylic acids is 2. The summed E-state index contributed by atoms with van der Waals surface area (Å²) in [5.74, 6) is 0.685. The Bertz CT molecular complexity index is 1180. The number of ether oxygens (including phenoxy) is 2. The second kappa shape index (κ2) is 12.7. The standard InChI is InChI=1S/C29H35N3O4S/c1-21-5-9-23(10-6-21)30-29(34)31(15-4-17-35-3)19-28(33)32-16-13-27-25(14-18-37-27)26(32)20-36-24-11-7-22(2)8-12-24/h5-12,14,18,26H,4,13,15-17,19-20H2,1-3H3,(H,30,34). The zero-order chi connectivity index (χ0) is 26.2. The number of hydrogen-bond donors (Lipinski definition) is 1. The molecule has 0 aliphatic carbocycles. The SMILES string of the molecule is COCCCN(CC(=O)N1CCc2sccc2C1COc1ccc(C)cc1)C(=O)Nc1ccc(C)cc1. The first-order valence-corrected chi connectivity index (χ1v) is 13.5. The lowest BCUT2D eigenvalue weighted by molar-refractivity contribution is -0.135. The van der Waals surface area contributed by atoms with Crippen LogP contribution in [0, 0.1) is 13.8 Å². The fraction of sp³-hybridized carbons (Fsp3) is 0.379. The Balaban J connectivity index is 1.47. The Labute approximate surface area is 223 Å². The van der Waals surface area contributed by atoms with Gasteiger partial charge in [0.2, 0.25) is 5.91 Å². The molecule has 3 amide bonds. The maximum absolute atomic E-state index is 13.7. The number of fused-ring (bicyclic) bond motifs is 1. The quantitative estimate of drug-likeness (QED) is 0.361. The molecular weight excluding hydrogens is 486 g/mol. The minimum absolute atomic E-state index is 0.0120. The molecule has 37 heavy (non-hydrogen) atoms. The lowest BCUT2D eigenvalue weighted by Gasteiger charge is -2.37. The first kappa shape index (κ1) is 26.7. The highest BCUT2D eigenvalue weighted by molar-refractivity contribution is 7.10. The van der Waals surface area contributed by atoms with E-state index in [-0.39, 0.29) is 24.5 Å². The molecule has 1 aromatic heterocycles. The third kappa shape index (κ3) is 7.11. The van der Waals surface area contributed by atoms with Gasteiger partial charge in [0.25, 0.3) is 0 Å². The number of methoxy groups -OCH3 is 1. The number of nitrogens with one attached hydrogen (secondary N) is 1. The molecule has 0 radical (unpaired) electrons. The van der Waals surface area contributed by atoms with Crippen LogP contribution in [0.2, 0.25) is 0 Å². The molecule has 1 N–H and O–H groups in total. The molecule has 0 saturated carbocycles. The van der Waals surface area contributed by atoms with Crippen molar-refractivity contribution in [2.45, 2.75) is 32.7 Å². The van der Waals surface area contributed by atoms with Gasteiger partial charge in [-0.2, -0.15) is 0 Å². The summed E-state index contributed by atoms with van der Waals surface area (Å²) >= 11 is 1.72. The summed E-state index contributed by atoms with van der Waals surface area (Å²) in [5.41, 5.74) is 4.11. The Hall–Kier alpha value is -3.36. The van der Waals surface area contributed by atoms with Crippen molar-refractivity contribution in [1.29, 1.82) is 0 Å². The number of nitrogens with zero attached hydrogens (tertiary/aromatic N) is 2. The van der Waals surface area contributed by atoms with Crippen LogP contribution in [0.15, 0.2) is 60.0 Å². The minimum atomic E-state index is -0.297. The molecule has 4 rings (SSSR count). The van der Waals surface area contributed by atoms with E-state index in [0.29, 0.717) is 38.4 Å². The van der Waals surface area contributed by atoms with E-state index in [1.807, 2.05) is 67.3 Å². The number of urea groups is 1. The highest BCUT2D eigenvalue weighted by atomic mass is 32.1. The molecule has 8 heteroatoms. The number of aryl methyl sites for hydroxylation is 2. The second-order valence-corrected chi connectivity index (χ2v) is 10.3. The molecule has 3 aromatic rings. The lowest BCUT2D eigenvalue weighted by Crippen LogP contribution is -2.49. The summed E-state index contributed by atoms with van der Waals surface area (Å²) in [5, 5.41) is 5.00. The summed E-state index contributed by atoms with van der Waals surface area (Å²) in [6.45, 7) is 5.91. The van der Waals surface area contributed by atoms with E-state index in [0.717, 1.165) is 23.3 Å². The van der Waals surface area contributed by atoms with Gasteiger partial charge in [-0.1, -0.05) is 35.4 Å². The zero-order valence-electron chi connectivity index (χ0n) is 21.7. The van der Waals surface area contributed by atoms with Gasteiger partial charge in [-0.3, -0.25) is 4.79 Å². The Morgan fingerprint density at radius 1 is 1.05 bits per heavy atom. The van der Waals surface area contributed by atoms with E-state index in [1.165, 1.54) is 10.4 Å². The number of thiophene rings is 1. The van der Waals surface area contributed by atoms with E-state index in [9.17, 15) is 9.59 Å². The third-order valence-electron chi connectivity index (χ3n) is 6.54. The predicted molar refractivity (Wildman–Crippen MR) is 147 cm³/mol. The van der Waals surface area contributed by atoms with Crippen LogP contribution in [0.1, 0.15) is 34.0 Å². The Kier molecular flexibility index (Phi) is 9.19. The normalized spacial score (nSPS) is 14.7. The van der Waals surface area contributed by atoms with Gasteiger partial charge in [0.1, 0.15) is 18.9 Å². The minimum Gasteiger partial charge on any atom is -0.491 e. The highest BCUT2D eigenvalue weighted by Crippen LogP contribution is 2.34. The number of carbonyl (C=O) groups is 2. The average Bonchev–Trinajstić information content (AvgIpc) is 3.38. The first-order valence-electron chi connectivity index (χ1n) is 12.6. The number of rotatable bonds is 10. The van der Waals surface area contributed by atoms with Crippen molar-refractivity contribution >= 4 is 29.0 Å². The van der Waals surface area contributed by atoms with Crippen molar-refractivity contribution in [3.63, 3.8) is 0 Å². The number of anilines is 1. The monoisotopic (exact) mass is 521 g/mol. The van der Waals surface area contributed by atoms with E-state index in [2.05, 4.69) is 16.8 Å². The van der Waals surface area contributed by atoms with Crippen LogP contribution in [-0.2, 0) is 16.0 Å². The van der Waals surface area contributed by atoms with Gasteiger partial charge in [0, 0.05) is 37.4 Å². The van der Waals surface area contributed by atoms with Gasteiger partial charge in [0.15, 0.2) is 0 Å². The first-order chi connectivity index (χ1) is 17.9. The zero-order valence-corrected chi connectivity index (χ0v) is 22.6. The van der Waals surface area contributed by atoms with Crippen molar-refractivity contribution < 1.29 is 19.1 Å². The summed E-state index contributed by atoms with van der Waals surface area (Å²) in [6, 6.07) is 17.1. The summed E-state index contributed by atoms with van der Waals surface area (Å²) in [7, 11) is 1.63. The van der Waals surface area contributed by atoms with Crippen LogP contribution in [0.4, 0.5) is 10.5 Å². The van der Waals surface area contributed by atoms with Crippen LogP contribution in [0.3, 0.4) is 0 Å².